The van der Waals surface area contributed by atoms with E-state index in [0.29, 0.717) is 11.8 Å². The van der Waals surface area contributed by atoms with Crippen LogP contribution in [0.4, 0.5) is 0 Å². The van der Waals surface area contributed by atoms with E-state index in [2.05, 4.69) is 31.3 Å². The first kappa shape index (κ1) is 17.8. The minimum absolute atomic E-state index is 0.00761. The molecular formula is C20H31NO2. The van der Waals surface area contributed by atoms with Gasteiger partial charge in [0.15, 0.2) is 6.10 Å². The molecule has 128 valence electrons. The number of rotatable bonds is 6. The van der Waals surface area contributed by atoms with Crippen molar-refractivity contribution in [2.45, 2.75) is 71.8 Å². The molecule has 0 aliphatic heterocycles. The molecule has 3 nitrogen and oxygen atoms in total. The van der Waals surface area contributed by atoms with Gasteiger partial charge in [-0.25, -0.2) is 0 Å². The van der Waals surface area contributed by atoms with Gasteiger partial charge in [-0.15, -0.1) is 0 Å². The van der Waals surface area contributed by atoms with Gasteiger partial charge in [-0.1, -0.05) is 45.2 Å². The Labute approximate surface area is 140 Å². The third-order valence-electron chi connectivity index (χ3n) is 4.75. The number of benzene rings is 1. The van der Waals surface area contributed by atoms with Crippen molar-refractivity contribution >= 4 is 5.91 Å². The summed E-state index contributed by atoms with van der Waals surface area (Å²) in [6.07, 6.45) is 5.96. The Bertz CT molecular complexity index is 518. The highest BCUT2D eigenvalue weighted by atomic mass is 16.5. The summed E-state index contributed by atoms with van der Waals surface area (Å²) in [6.45, 7) is 8.96. The van der Waals surface area contributed by atoms with Gasteiger partial charge in [0.25, 0.3) is 5.91 Å². The molecule has 23 heavy (non-hydrogen) atoms. The quantitative estimate of drug-likeness (QED) is 0.834. The molecule has 0 bridgehead atoms. The SMILES string of the molecule is Cc1ccc(C(C)C)c(OC(C)C(=O)NCC2CCCCC2)c1. The van der Waals surface area contributed by atoms with Gasteiger partial charge in [-0.2, -0.15) is 0 Å². The molecule has 1 aromatic carbocycles. The summed E-state index contributed by atoms with van der Waals surface area (Å²) < 4.78 is 5.98. The highest BCUT2D eigenvalue weighted by Gasteiger charge is 2.19. The van der Waals surface area contributed by atoms with Crippen LogP contribution in [0.25, 0.3) is 0 Å². The maximum Gasteiger partial charge on any atom is 0.260 e. The van der Waals surface area contributed by atoms with Crippen molar-refractivity contribution in [3.8, 4) is 5.75 Å². The van der Waals surface area contributed by atoms with Crippen molar-refractivity contribution in [3.05, 3.63) is 29.3 Å². The van der Waals surface area contributed by atoms with Crippen LogP contribution < -0.4 is 10.1 Å². The maximum atomic E-state index is 12.3. The molecular weight excluding hydrogens is 286 g/mol. The summed E-state index contributed by atoms with van der Waals surface area (Å²) in [5, 5.41) is 3.07. The number of hydrogen-bond donors (Lipinski definition) is 1. The van der Waals surface area contributed by atoms with Gasteiger partial charge >= 0.3 is 0 Å². The van der Waals surface area contributed by atoms with Crippen molar-refractivity contribution < 1.29 is 9.53 Å². The second-order valence-electron chi connectivity index (χ2n) is 7.21. The fourth-order valence-electron chi connectivity index (χ4n) is 3.24. The maximum absolute atomic E-state index is 12.3. The molecule has 1 unspecified atom stereocenters. The molecule has 1 amide bonds. The Kier molecular flexibility index (Phi) is 6.49. The van der Waals surface area contributed by atoms with E-state index < -0.39 is 6.10 Å². The Hall–Kier alpha value is -1.51. The molecule has 0 saturated heterocycles. The van der Waals surface area contributed by atoms with Crippen LogP contribution in [0.1, 0.15) is 69.9 Å². The molecule has 1 N–H and O–H groups in total. The average molecular weight is 317 g/mol. The van der Waals surface area contributed by atoms with Crippen LogP contribution in [-0.2, 0) is 4.79 Å². The zero-order valence-electron chi connectivity index (χ0n) is 15.0. The molecule has 1 aliphatic rings. The van der Waals surface area contributed by atoms with E-state index in [9.17, 15) is 4.79 Å². The Morgan fingerprint density at radius 1 is 1.22 bits per heavy atom. The lowest BCUT2D eigenvalue weighted by Crippen LogP contribution is -2.39. The topological polar surface area (TPSA) is 38.3 Å². The number of hydrogen-bond acceptors (Lipinski definition) is 2. The van der Waals surface area contributed by atoms with Crippen LogP contribution in [0, 0.1) is 12.8 Å². The third-order valence-corrected chi connectivity index (χ3v) is 4.75. The highest BCUT2D eigenvalue weighted by molar-refractivity contribution is 5.80. The minimum atomic E-state index is -0.460. The van der Waals surface area contributed by atoms with Gasteiger partial charge in [-0.3, -0.25) is 4.79 Å². The first-order valence-electron chi connectivity index (χ1n) is 9.02. The smallest absolute Gasteiger partial charge is 0.260 e. The highest BCUT2D eigenvalue weighted by Crippen LogP contribution is 2.28. The van der Waals surface area contributed by atoms with Gasteiger partial charge in [0.2, 0.25) is 0 Å². The zero-order valence-corrected chi connectivity index (χ0v) is 15.0. The van der Waals surface area contributed by atoms with Crippen molar-refractivity contribution in [2.24, 2.45) is 5.92 Å². The van der Waals surface area contributed by atoms with Gasteiger partial charge in [0, 0.05) is 6.54 Å². The van der Waals surface area contributed by atoms with Crippen LogP contribution in [0.15, 0.2) is 18.2 Å². The Morgan fingerprint density at radius 2 is 1.91 bits per heavy atom. The zero-order chi connectivity index (χ0) is 16.8. The second-order valence-corrected chi connectivity index (χ2v) is 7.21. The van der Waals surface area contributed by atoms with Crippen molar-refractivity contribution in [1.29, 1.82) is 0 Å². The van der Waals surface area contributed by atoms with E-state index >= 15 is 0 Å². The van der Waals surface area contributed by atoms with Crippen LogP contribution in [0.3, 0.4) is 0 Å². The number of carbonyl (C=O) groups is 1. The standard InChI is InChI=1S/C20H31NO2/c1-14(2)18-11-10-15(3)12-19(18)23-16(4)20(22)21-13-17-8-6-5-7-9-17/h10-12,14,16-17H,5-9,13H2,1-4H3,(H,21,22). The van der Waals surface area contributed by atoms with Crippen LogP contribution in [-0.4, -0.2) is 18.6 Å². The lowest BCUT2D eigenvalue weighted by atomic mass is 9.89. The fourth-order valence-corrected chi connectivity index (χ4v) is 3.24. The molecule has 0 radical (unpaired) electrons. The number of aryl methyl sites for hydroxylation is 1. The summed E-state index contributed by atoms with van der Waals surface area (Å²) >= 11 is 0. The summed E-state index contributed by atoms with van der Waals surface area (Å²) in [5.74, 6) is 1.85. The van der Waals surface area contributed by atoms with Gasteiger partial charge in [-0.05, 0) is 55.7 Å². The van der Waals surface area contributed by atoms with E-state index in [4.69, 9.17) is 4.74 Å². The molecule has 1 saturated carbocycles. The second kappa shape index (κ2) is 8.37. The van der Waals surface area contributed by atoms with Gasteiger partial charge in [0.05, 0.1) is 0 Å². The molecule has 1 aromatic rings. The van der Waals surface area contributed by atoms with E-state index in [1.807, 2.05) is 19.9 Å². The van der Waals surface area contributed by atoms with E-state index in [-0.39, 0.29) is 5.91 Å². The summed E-state index contributed by atoms with van der Waals surface area (Å²) in [6, 6.07) is 6.22. The fraction of sp³-hybridized carbons (Fsp3) is 0.650. The Morgan fingerprint density at radius 3 is 2.57 bits per heavy atom. The van der Waals surface area contributed by atoms with E-state index in [0.717, 1.165) is 23.4 Å². The third kappa shape index (κ3) is 5.26. The monoisotopic (exact) mass is 317 g/mol. The molecule has 3 heteroatoms. The lowest BCUT2D eigenvalue weighted by Gasteiger charge is -2.23. The predicted octanol–water partition coefficient (Wildman–Crippen LogP) is 4.58. The average Bonchev–Trinajstić information content (AvgIpc) is 2.53. The van der Waals surface area contributed by atoms with E-state index in [1.54, 1.807) is 0 Å². The molecule has 0 spiro atoms. The molecule has 0 aromatic heterocycles. The number of amides is 1. The van der Waals surface area contributed by atoms with Crippen molar-refractivity contribution in [2.75, 3.05) is 6.54 Å². The van der Waals surface area contributed by atoms with Gasteiger partial charge < -0.3 is 10.1 Å². The number of nitrogens with one attached hydrogen (secondary N) is 1. The largest absolute Gasteiger partial charge is 0.481 e. The molecule has 1 fully saturated rings. The van der Waals surface area contributed by atoms with Crippen molar-refractivity contribution in [3.63, 3.8) is 0 Å². The predicted molar refractivity (Wildman–Crippen MR) is 94.9 cm³/mol. The lowest BCUT2D eigenvalue weighted by molar-refractivity contribution is -0.127. The van der Waals surface area contributed by atoms with Crippen LogP contribution in [0.2, 0.25) is 0 Å². The Balaban J connectivity index is 1.91. The summed E-state index contributed by atoms with van der Waals surface area (Å²) in [5.41, 5.74) is 2.31. The van der Waals surface area contributed by atoms with Crippen LogP contribution in [0.5, 0.6) is 5.75 Å². The molecule has 2 rings (SSSR count). The molecule has 1 aliphatic carbocycles. The molecule has 0 heterocycles. The normalized spacial score (nSPS) is 17.1. The van der Waals surface area contributed by atoms with Gasteiger partial charge in [0.1, 0.15) is 5.75 Å². The number of ether oxygens (including phenoxy) is 1. The minimum Gasteiger partial charge on any atom is -0.481 e. The van der Waals surface area contributed by atoms with Crippen molar-refractivity contribution in [1.82, 2.24) is 5.32 Å². The van der Waals surface area contributed by atoms with Crippen LogP contribution >= 0.6 is 0 Å². The first-order chi connectivity index (χ1) is 11.0. The molecule has 1 atom stereocenters. The summed E-state index contributed by atoms with van der Waals surface area (Å²) in [7, 11) is 0. The van der Waals surface area contributed by atoms with E-state index in [1.165, 1.54) is 32.1 Å². The summed E-state index contributed by atoms with van der Waals surface area (Å²) in [4.78, 5) is 12.3. The number of carbonyl (C=O) groups excluding carboxylic acids is 1. The first-order valence-corrected chi connectivity index (χ1v) is 9.02.